The second kappa shape index (κ2) is 14.7. The van der Waals surface area contributed by atoms with Crippen molar-refractivity contribution < 1.29 is 4.42 Å². The van der Waals surface area contributed by atoms with Crippen LogP contribution >= 0.6 is 0 Å². The number of furan rings is 1. The number of nitrogens with zero attached hydrogens (tertiary/aromatic N) is 5. The van der Waals surface area contributed by atoms with Crippen LogP contribution in [-0.2, 0) is 0 Å². The predicted molar refractivity (Wildman–Crippen MR) is 275 cm³/mol. The van der Waals surface area contributed by atoms with Crippen molar-refractivity contribution in [3.05, 3.63) is 224 Å². The van der Waals surface area contributed by atoms with E-state index in [0.717, 1.165) is 94.0 Å². The molecule has 0 amide bonds. The van der Waals surface area contributed by atoms with Crippen LogP contribution in [-0.4, -0.2) is 24.1 Å². The third-order valence-electron chi connectivity index (χ3n) is 13.3. The van der Waals surface area contributed by atoms with Gasteiger partial charge in [0.25, 0.3) is 0 Å². The summed E-state index contributed by atoms with van der Waals surface area (Å²) in [4.78, 5) is 16.0. The molecule has 0 bridgehead atoms. The molecule has 4 aromatic heterocycles. The summed E-state index contributed by atoms with van der Waals surface area (Å²) in [6.07, 6.45) is 0. The predicted octanol–water partition coefficient (Wildman–Crippen LogP) is 15.8. The molecule has 312 valence electrons. The first-order valence-corrected chi connectivity index (χ1v) is 22.6. The van der Waals surface area contributed by atoms with Gasteiger partial charge in [-0.3, -0.25) is 0 Å². The first kappa shape index (κ1) is 37.3. The molecule has 0 aliphatic carbocycles. The number of fused-ring (bicyclic) bond motifs is 10. The lowest BCUT2D eigenvalue weighted by Gasteiger charge is -2.14. The molecule has 14 rings (SSSR count). The first-order chi connectivity index (χ1) is 33.2. The largest absolute Gasteiger partial charge is 0.456 e. The van der Waals surface area contributed by atoms with Gasteiger partial charge < -0.3 is 13.6 Å². The highest BCUT2D eigenvalue weighted by Crippen LogP contribution is 2.42. The summed E-state index contributed by atoms with van der Waals surface area (Å²) in [6.45, 7) is 0. The van der Waals surface area contributed by atoms with E-state index in [1.165, 1.54) is 21.5 Å². The second-order valence-corrected chi connectivity index (χ2v) is 17.2. The molecule has 0 N–H and O–H groups in total. The number of benzene rings is 10. The van der Waals surface area contributed by atoms with Gasteiger partial charge in [-0.2, -0.15) is 0 Å². The molecule has 6 heteroatoms. The molecule has 4 heterocycles. The Morgan fingerprint density at radius 3 is 1.57 bits per heavy atom. The van der Waals surface area contributed by atoms with E-state index in [4.69, 9.17) is 19.4 Å². The standard InChI is InChI=1S/C61H37N5O/c1-3-15-38(16-4-1)39-27-29-40(30-28-39)59-62-60(43-31-32-53-49(34-43)46-21-9-12-24-51(46)65(53)45-19-5-2-6-20-45)64-61(63-59)44-36-55(58-48-23-11-14-26-56(48)67-57(58)37-44)66-52-25-13-10-22-47(52)50-33-41-17-7-8-18-42(41)35-54(50)66/h1-37H. The summed E-state index contributed by atoms with van der Waals surface area (Å²) >= 11 is 0. The fraction of sp³-hybridized carbons (Fsp3) is 0. The van der Waals surface area contributed by atoms with Gasteiger partial charge in [-0.1, -0.05) is 152 Å². The fourth-order valence-electron chi connectivity index (χ4n) is 10.2. The lowest BCUT2D eigenvalue weighted by Crippen LogP contribution is -2.02. The molecule has 6 nitrogen and oxygen atoms in total. The van der Waals surface area contributed by atoms with E-state index in [1.54, 1.807) is 0 Å². The van der Waals surface area contributed by atoms with Crippen molar-refractivity contribution >= 4 is 76.3 Å². The van der Waals surface area contributed by atoms with Crippen LogP contribution in [0.5, 0.6) is 0 Å². The van der Waals surface area contributed by atoms with Gasteiger partial charge in [0.1, 0.15) is 11.2 Å². The van der Waals surface area contributed by atoms with Gasteiger partial charge in [-0.15, -0.1) is 0 Å². The average Bonchev–Trinajstić information content (AvgIpc) is 4.05. The number of rotatable bonds is 6. The first-order valence-electron chi connectivity index (χ1n) is 22.6. The highest BCUT2D eigenvalue weighted by Gasteiger charge is 2.23. The van der Waals surface area contributed by atoms with Gasteiger partial charge in [-0.05, 0) is 94.7 Å². The molecule has 0 unspecified atom stereocenters. The Balaban J connectivity index is 1.03. The van der Waals surface area contributed by atoms with Crippen molar-refractivity contribution in [1.82, 2.24) is 24.1 Å². The van der Waals surface area contributed by atoms with Crippen LogP contribution in [0.3, 0.4) is 0 Å². The summed E-state index contributed by atoms with van der Waals surface area (Å²) in [5.41, 5.74) is 13.0. The molecular formula is C61H37N5O. The number of hydrogen-bond donors (Lipinski definition) is 0. The summed E-state index contributed by atoms with van der Waals surface area (Å²) in [5, 5.41) is 9.11. The Morgan fingerprint density at radius 2 is 0.821 bits per heavy atom. The molecule has 0 saturated carbocycles. The number of aromatic nitrogens is 5. The van der Waals surface area contributed by atoms with E-state index in [2.05, 4.69) is 215 Å². The fourth-order valence-corrected chi connectivity index (χ4v) is 10.2. The van der Waals surface area contributed by atoms with E-state index in [0.29, 0.717) is 17.5 Å². The third-order valence-corrected chi connectivity index (χ3v) is 13.3. The number of para-hydroxylation sites is 4. The van der Waals surface area contributed by atoms with Crippen LogP contribution in [0, 0.1) is 0 Å². The van der Waals surface area contributed by atoms with Crippen molar-refractivity contribution in [2.75, 3.05) is 0 Å². The maximum Gasteiger partial charge on any atom is 0.164 e. The van der Waals surface area contributed by atoms with Gasteiger partial charge in [-0.25, -0.2) is 15.0 Å². The SMILES string of the molecule is c1ccc(-c2ccc(-c3nc(-c4cc(-n5c6ccccc6c6cc7ccccc7cc65)c5c(c4)oc4ccccc45)nc(-c4ccc5c(c4)c4ccccc4n5-c4ccccc4)n3)cc2)cc1. The van der Waals surface area contributed by atoms with Crippen molar-refractivity contribution in [1.29, 1.82) is 0 Å². The quantitative estimate of drug-likeness (QED) is 0.167. The molecule has 0 radical (unpaired) electrons. The lowest BCUT2D eigenvalue weighted by molar-refractivity contribution is 0.669. The molecule has 0 aliphatic heterocycles. The topological polar surface area (TPSA) is 61.7 Å². The van der Waals surface area contributed by atoms with Crippen molar-refractivity contribution in [2.24, 2.45) is 0 Å². The van der Waals surface area contributed by atoms with Crippen LogP contribution < -0.4 is 0 Å². The normalized spacial score (nSPS) is 11.9. The van der Waals surface area contributed by atoms with Crippen LogP contribution in [0.1, 0.15) is 0 Å². The maximum atomic E-state index is 6.77. The molecule has 67 heavy (non-hydrogen) atoms. The highest BCUT2D eigenvalue weighted by atomic mass is 16.3. The molecule has 0 saturated heterocycles. The zero-order chi connectivity index (χ0) is 44.0. The van der Waals surface area contributed by atoms with E-state index in [9.17, 15) is 0 Å². The van der Waals surface area contributed by atoms with Crippen LogP contribution in [0.2, 0.25) is 0 Å². The molecule has 0 fully saturated rings. The maximum absolute atomic E-state index is 6.77. The highest BCUT2D eigenvalue weighted by molar-refractivity contribution is 6.17. The molecule has 10 aromatic carbocycles. The Labute approximate surface area is 384 Å². The monoisotopic (exact) mass is 855 g/mol. The second-order valence-electron chi connectivity index (χ2n) is 17.2. The van der Waals surface area contributed by atoms with Crippen molar-refractivity contribution in [3.8, 4) is 56.7 Å². The van der Waals surface area contributed by atoms with Gasteiger partial charge in [0.05, 0.1) is 33.1 Å². The summed E-state index contributed by atoms with van der Waals surface area (Å²) in [5.74, 6) is 1.72. The van der Waals surface area contributed by atoms with Crippen LogP contribution in [0.25, 0.3) is 133 Å². The summed E-state index contributed by atoms with van der Waals surface area (Å²) in [7, 11) is 0. The minimum atomic E-state index is 0.550. The molecule has 0 atom stereocenters. The van der Waals surface area contributed by atoms with Gasteiger partial charge in [0.15, 0.2) is 17.5 Å². The Bertz CT molecular complexity index is 4260. The zero-order valence-corrected chi connectivity index (χ0v) is 36.0. The third kappa shape index (κ3) is 5.93. The van der Waals surface area contributed by atoms with E-state index >= 15 is 0 Å². The smallest absolute Gasteiger partial charge is 0.164 e. The minimum absolute atomic E-state index is 0.550. The van der Waals surface area contributed by atoms with Gasteiger partial charge in [0, 0.05) is 49.3 Å². The van der Waals surface area contributed by atoms with E-state index < -0.39 is 0 Å². The Hall–Kier alpha value is -9.13. The summed E-state index contributed by atoms with van der Waals surface area (Å²) < 4.78 is 11.5. The average molecular weight is 856 g/mol. The van der Waals surface area contributed by atoms with Gasteiger partial charge in [0.2, 0.25) is 0 Å². The van der Waals surface area contributed by atoms with E-state index in [1.807, 2.05) is 18.2 Å². The van der Waals surface area contributed by atoms with E-state index in [-0.39, 0.29) is 0 Å². The summed E-state index contributed by atoms with van der Waals surface area (Å²) in [6, 6.07) is 79.2. The molecular weight excluding hydrogens is 819 g/mol. The Kier molecular flexibility index (Phi) is 8.18. The van der Waals surface area contributed by atoms with Crippen LogP contribution in [0.15, 0.2) is 229 Å². The van der Waals surface area contributed by atoms with Crippen LogP contribution in [0.4, 0.5) is 0 Å². The minimum Gasteiger partial charge on any atom is -0.456 e. The van der Waals surface area contributed by atoms with Gasteiger partial charge >= 0.3 is 0 Å². The molecule has 0 spiro atoms. The molecule has 0 aliphatic rings. The van der Waals surface area contributed by atoms with Crippen molar-refractivity contribution in [3.63, 3.8) is 0 Å². The molecule has 14 aromatic rings. The lowest BCUT2D eigenvalue weighted by atomic mass is 10.0. The Morgan fingerprint density at radius 1 is 0.299 bits per heavy atom. The zero-order valence-electron chi connectivity index (χ0n) is 36.0. The van der Waals surface area contributed by atoms with Crippen molar-refractivity contribution in [2.45, 2.75) is 0 Å². The number of hydrogen-bond acceptors (Lipinski definition) is 4.